The number of hydrogen-bond donors (Lipinski definition) is 1. The first-order valence-corrected chi connectivity index (χ1v) is 11.6. The molecule has 3 aromatic carbocycles. The average Bonchev–Trinajstić information content (AvgIpc) is 3.16. The summed E-state index contributed by atoms with van der Waals surface area (Å²) in [5, 5.41) is 12.6. The monoisotopic (exact) mass is 469 g/mol. The van der Waals surface area contributed by atoms with Crippen molar-refractivity contribution in [2.24, 2.45) is 0 Å². The molecule has 3 aromatic rings. The van der Waals surface area contributed by atoms with Crippen LogP contribution in [0.4, 0.5) is 11.4 Å². The summed E-state index contributed by atoms with van der Waals surface area (Å²) < 4.78 is 5.31. The van der Waals surface area contributed by atoms with Gasteiger partial charge >= 0.3 is 0 Å². The molecule has 0 spiro atoms. The van der Waals surface area contributed by atoms with Crippen LogP contribution in [0, 0.1) is 18.3 Å². The molecule has 0 saturated carbocycles. The third kappa shape index (κ3) is 4.82. The maximum absolute atomic E-state index is 13.6. The highest BCUT2D eigenvalue weighted by atomic mass is 32.2. The number of nitriles is 1. The molecule has 0 aromatic heterocycles. The maximum Gasteiger partial charge on any atom is 0.269 e. The molecule has 0 bridgehead atoms. The van der Waals surface area contributed by atoms with Gasteiger partial charge in [0.05, 0.1) is 18.0 Å². The fraction of sp³-hybridized carbons (Fsp3) is 0.148. The summed E-state index contributed by atoms with van der Waals surface area (Å²) in [6.45, 7) is 1.90. The van der Waals surface area contributed by atoms with Crippen LogP contribution in [-0.4, -0.2) is 24.2 Å². The lowest BCUT2D eigenvalue weighted by Gasteiger charge is -2.20. The molecule has 6 nitrogen and oxygen atoms in total. The molecular weight excluding hydrogens is 446 g/mol. The Morgan fingerprint density at radius 3 is 2.53 bits per heavy atom. The van der Waals surface area contributed by atoms with Crippen molar-refractivity contribution >= 4 is 35.0 Å². The third-order valence-electron chi connectivity index (χ3n) is 5.45. The largest absolute Gasteiger partial charge is 0.497 e. The van der Waals surface area contributed by atoms with Crippen LogP contribution >= 0.6 is 11.8 Å². The Bertz CT molecular complexity index is 1300. The van der Waals surface area contributed by atoms with E-state index < -0.39 is 11.2 Å². The van der Waals surface area contributed by atoms with E-state index in [1.54, 1.807) is 31.4 Å². The van der Waals surface area contributed by atoms with E-state index >= 15 is 0 Å². The molecule has 1 heterocycles. The highest BCUT2D eigenvalue weighted by molar-refractivity contribution is 8.05. The van der Waals surface area contributed by atoms with Crippen molar-refractivity contribution in [3.63, 3.8) is 0 Å². The van der Waals surface area contributed by atoms with E-state index in [1.165, 1.54) is 16.7 Å². The highest BCUT2D eigenvalue weighted by Crippen LogP contribution is 2.43. The molecule has 1 aliphatic heterocycles. The molecule has 1 saturated heterocycles. The number of hydrogen-bond acceptors (Lipinski definition) is 5. The lowest BCUT2D eigenvalue weighted by Crippen LogP contribution is -2.31. The van der Waals surface area contributed by atoms with Gasteiger partial charge in [-0.2, -0.15) is 5.26 Å². The summed E-state index contributed by atoms with van der Waals surface area (Å²) in [5.74, 6) is -0.0126. The van der Waals surface area contributed by atoms with Crippen molar-refractivity contribution < 1.29 is 14.3 Å². The number of ether oxygens (including phenoxy) is 1. The van der Waals surface area contributed by atoms with Crippen LogP contribution in [0.2, 0.25) is 0 Å². The number of nitrogens with one attached hydrogen (secondary N) is 1. The van der Waals surface area contributed by atoms with E-state index in [2.05, 4.69) is 5.32 Å². The standard InChI is InChI=1S/C27H23N3O3S/c1-18-9-6-7-14-23(18)30-26(32)24(16-19-10-8-13-21(15-19)33-2)34-27(30)22(17-28)25(31)29-20-11-4-3-5-12-20/h3-15,24H,16H2,1-2H3,(H,29,31)/b27-22+/t24-/m1/s1. The Balaban J connectivity index is 1.74. The summed E-state index contributed by atoms with van der Waals surface area (Å²) in [6, 6.07) is 26.0. The molecule has 0 radical (unpaired) electrons. The zero-order valence-corrected chi connectivity index (χ0v) is 19.6. The van der Waals surface area contributed by atoms with E-state index in [-0.39, 0.29) is 11.5 Å². The molecule has 1 N–H and O–H groups in total. The van der Waals surface area contributed by atoms with E-state index in [0.717, 1.165) is 11.1 Å². The van der Waals surface area contributed by atoms with Crippen LogP contribution in [0.3, 0.4) is 0 Å². The minimum Gasteiger partial charge on any atom is -0.497 e. The van der Waals surface area contributed by atoms with Crippen LogP contribution < -0.4 is 15.0 Å². The van der Waals surface area contributed by atoms with Gasteiger partial charge < -0.3 is 10.1 Å². The quantitative estimate of drug-likeness (QED) is 0.403. The number of aryl methyl sites for hydroxylation is 1. The predicted octanol–water partition coefficient (Wildman–Crippen LogP) is 5.07. The van der Waals surface area contributed by atoms with E-state index in [0.29, 0.717) is 28.6 Å². The van der Waals surface area contributed by atoms with Crippen molar-refractivity contribution in [1.82, 2.24) is 0 Å². The molecule has 0 aliphatic carbocycles. The fourth-order valence-corrected chi connectivity index (χ4v) is 5.05. The van der Waals surface area contributed by atoms with Gasteiger partial charge in [0.25, 0.3) is 5.91 Å². The molecule has 1 atom stereocenters. The number of anilines is 2. The number of para-hydroxylation sites is 2. The molecular formula is C27H23N3O3S. The Kier molecular flexibility index (Phi) is 7.00. The second-order valence-corrected chi connectivity index (χ2v) is 8.93. The number of nitrogens with zero attached hydrogens (tertiary/aromatic N) is 2. The van der Waals surface area contributed by atoms with Crippen LogP contribution in [0.1, 0.15) is 11.1 Å². The zero-order chi connectivity index (χ0) is 24.1. The second kappa shape index (κ2) is 10.3. The van der Waals surface area contributed by atoms with Gasteiger partial charge in [0.15, 0.2) is 0 Å². The van der Waals surface area contributed by atoms with Crippen molar-refractivity contribution in [2.75, 3.05) is 17.3 Å². The van der Waals surface area contributed by atoms with Crippen molar-refractivity contribution in [3.05, 3.63) is 101 Å². The van der Waals surface area contributed by atoms with Crippen LogP contribution in [-0.2, 0) is 16.0 Å². The number of carbonyl (C=O) groups is 2. The van der Waals surface area contributed by atoms with E-state index in [4.69, 9.17) is 4.74 Å². The summed E-state index contributed by atoms with van der Waals surface area (Å²) in [4.78, 5) is 28.2. The highest BCUT2D eigenvalue weighted by Gasteiger charge is 2.41. The number of amides is 2. The molecule has 4 rings (SSSR count). The Labute approximate surface area is 202 Å². The van der Waals surface area contributed by atoms with Gasteiger partial charge in [-0.15, -0.1) is 0 Å². The first-order valence-electron chi connectivity index (χ1n) is 10.7. The Morgan fingerprint density at radius 1 is 1.09 bits per heavy atom. The summed E-state index contributed by atoms with van der Waals surface area (Å²) in [6.07, 6.45) is 0.436. The molecule has 170 valence electrons. The Hall–Kier alpha value is -4.02. The van der Waals surface area contributed by atoms with Gasteiger partial charge in [-0.05, 0) is 54.8 Å². The summed E-state index contributed by atoms with van der Waals surface area (Å²) in [5.41, 5.74) is 2.94. The third-order valence-corrected chi connectivity index (χ3v) is 6.71. The SMILES string of the molecule is COc1cccc(C[C@H]2S/C(=C(\C#N)C(=O)Nc3ccccc3)N(c3ccccc3C)C2=O)c1. The number of carbonyl (C=O) groups excluding carboxylic acids is 2. The lowest BCUT2D eigenvalue weighted by molar-refractivity contribution is -0.117. The first kappa shape index (κ1) is 23.1. The van der Waals surface area contributed by atoms with Gasteiger partial charge in [-0.25, -0.2) is 0 Å². The fourth-order valence-electron chi connectivity index (χ4n) is 3.75. The van der Waals surface area contributed by atoms with E-state index in [1.807, 2.05) is 67.6 Å². The number of thioether (sulfide) groups is 1. The van der Waals surface area contributed by atoms with E-state index in [9.17, 15) is 14.9 Å². The van der Waals surface area contributed by atoms with Crippen molar-refractivity contribution in [1.29, 1.82) is 5.26 Å². The zero-order valence-electron chi connectivity index (χ0n) is 18.8. The second-order valence-electron chi connectivity index (χ2n) is 7.73. The molecule has 2 amide bonds. The molecule has 34 heavy (non-hydrogen) atoms. The van der Waals surface area contributed by atoms with Crippen LogP contribution in [0.5, 0.6) is 5.75 Å². The van der Waals surface area contributed by atoms with Gasteiger partial charge in [0.1, 0.15) is 22.4 Å². The number of rotatable bonds is 6. The normalized spacial score (nSPS) is 16.7. The molecule has 1 aliphatic rings. The first-order chi connectivity index (χ1) is 16.5. The summed E-state index contributed by atoms with van der Waals surface area (Å²) in [7, 11) is 1.60. The van der Waals surface area contributed by atoms with Gasteiger partial charge in [0.2, 0.25) is 5.91 Å². The summed E-state index contributed by atoms with van der Waals surface area (Å²) >= 11 is 1.24. The molecule has 1 fully saturated rings. The Morgan fingerprint density at radius 2 is 1.82 bits per heavy atom. The predicted molar refractivity (Wildman–Crippen MR) is 134 cm³/mol. The lowest BCUT2D eigenvalue weighted by atomic mass is 10.1. The number of benzene rings is 3. The van der Waals surface area contributed by atoms with Crippen molar-refractivity contribution in [2.45, 2.75) is 18.6 Å². The topological polar surface area (TPSA) is 82.4 Å². The maximum atomic E-state index is 13.6. The molecule has 7 heteroatoms. The molecule has 0 unspecified atom stereocenters. The van der Waals surface area contributed by atoms with Crippen molar-refractivity contribution in [3.8, 4) is 11.8 Å². The smallest absolute Gasteiger partial charge is 0.269 e. The minimum absolute atomic E-state index is 0.0985. The van der Waals surface area contributed by atoms with Gasteiger partial charge in [-0.3, -0.25) is 14.5 Å². The van der Waals surface area contributed by atoms with Crippen LogP contribution in [0.15, 0.2) is 89.5 Å². The van der Waals surface area contributed by atoms with Crippen LogP contribution in [0.25, 0.3) is 0 Å². The average molecular weight is 470 g/mol. The van der Waals surface area contributed by atoms with Gasteiger partial charge in [0, 0.05) is 5.69 Å². The van der Waals surface area contributed by atoms with Gasteiger partial charge in [-0.1, -0.05) is 60.3 Å². The minimum atomic E-state index is -0.551. The number of methoxy groups -OCH3 is 1.